The Morgan fingerprint density at radius 3 is 2.90 bits per heavy atom. The molecule has 1 amide bonds. The molecule has 0 aliphatic rings. The summed E-state index contributed by atoms with van der Waals surface area (Å²) in [6, 6.07) is 11.8. The van der Waals surface area contributed by atoms with Gasteiger partial charge < -0.3 is 4.90 Å². The first kappa shape index (κ1) is 13.3. The highest BCUT2D eigenvalue weighted by Gasteiger charge is 2.14. The largest absolute Gasteiger partial charge is 0.337 e. The van der Waals surface area contributed by atoms with Gasteiger partial charge in [0, 0.05) is 30.1 Å². The first-order valence-corrected chi connectivity index (χ1v) is 6.57. The van der Waals surface area contributed by atoms with Gasteiger partial charge in [0.1, 0.15) is 5.82 Å². The highest BCUT2D eigenvalue weighted by Crippen LogP contribution is 2.16. The molecule has 0 saturated heterocycles. The summed E-state index contributed by atoms with van der Waals surface area (Å²) in [6.07, 6.45) is 1.70. The van der Waals surface area contributed by atoms with Crippen molar-refractivity contribution in [3.63, 3.8) is 0 Å². The van der Waals surface area contributed by atoms with Crippen molar-refractivity contribution in [2.75, 3.05) is 7.05 Å². The maximum atomic E-state index is 13.6. The first-order chi connectivity index (χ1) is 10.1. The van der Waals surface area contributed by atoms with Gasteiger partial charge >= 0.3 is 0 Å². The number of carbonyl (C=O) groups is 1. The van der Waals surface area contributed by atoms with Gasteiger partial charge in [0.15, 0.2) is 0 Å². The SMILES string of the molecule is CN(Cc1ccccc1F)C(=O)c1ccc2cn[nH]c2c1. The second kappa shape index (κ2) is 5.36. The van der Waals surface area contributed by atoms with E-state index in [1.165, 1.54) is 11.0 Å². The lowest BCUT2D eigenvalue weighted by molar-refractivity contribution is 0.0784. The number of fused-ring (bicyclic) bond motifs is 1. The topological polar surface area (TPSA) is 49.0 Å². The lowest BCUT2D eigenvalue weighted by atomic mass is 10.1. The van der Waals surface area contributed by atoms with Gasteiger partial charge in [-0.1, -0.05) is 24.3 Å². The van der Waals surface area contributed by atoms with Gasteiger partial charge in [-0.15, -0.1) is 0 Å². The van der Waals surface area contributed by atoms with Crippen LogP contribution in [0.5, 0.6) is 0 Å². The van der Waals surface area contributed by atoms with E-state index in [1.807, 2.05) is 6.07 Å². The van der Waals surface area contributed by atoms with Crippen LogP contribution in [-0.2, 0) is 6.54 Å². The number of aromatic nitrogens is 2. The normalized spacial score (nSPS) is 10.8. The number of benzene rings is 2. The Balaban J connectivity index is 1.82. The molecule has 1 heterocycles. The van der Waals surface area contributed by atoms with Crippen molar-refractivity contribution >= 4 is 16.8 Å². The van der Waals surface area contributed by atoms with Crippen LogP contribution in [0.25, 0.3) is 10.9 Å². The second-order valence-electron chi connectivity index (χ2n) is 4.92. The van der Waals surface area contributed by atoms with E-state index in [-0.39, 0.29) is 18.3 Å². The Morgan fingerprint density at radius 1 is 1.29 bits per heavy atom. The van der Waals surface area contributed by atoms with E-state index in [1.54, 1.807) is 43.6 Å². The van der Waals surface area contributed by atoms with Crippen LogP contribution >= 0.6 is 0 Å². The lowest BCUT2D eigenvalue weighted by Crippen LogP contribution is -2.26. The number of nitrogens with zero attached hydrogens (tertiary/aromatic N) is 2. The number of aromatic amines is 1. The van der Waals surface area contributed by atoms with Gasteiger partial charge in [-0.05, 0) is 18.2 Å². The number of amides is 1. The van der Waals surface area contributed by atoms with E-state index in [9.17, 15) is 9.18 Å². The third-order valence-electron chi connectivity index (χ3n) is 3.40. The van der Waals surface area contributed by atoms with E-state index in [4.69, 9.17) is 0 Å². The molecule has 0 aliphatic carbocycles. The van der Waals surface area contributed by atoms with Crippen molar-refractivity contribution in [1.29, 1.82) is 0 Å². The van der Waals surface area contributed by atoms with Crippen LogP contribution in [-0.4, -0.2) is 28.1 Å². The van der Waals surface area contributed by atoms with Crippen LogP contribution in [0, 0.1) is 5.82 Å². The summed E-state index contributed by atoms with van der Waals surface area (Å²) in [6.45, 7) is 0.229. The number of rotatable bonds is 3. The average molecular weight is 283 g/mol. The van der Waals surface area contributed by atoms with Crippen molar-refractivity contribution < 1.29 is 9.18 Å². The molecule has 0 unspecified atom stereocenters. The minimum atomic E-state index is -0.304. The Bertz CT molecular complexity index is 797. The molecular weight excluding hydrogens is 269 g/mol. The van der Waals surface area contributed by atoms with Crippen LogP contribution in [0.1, 0.15) is 15.9 Å². The van der Waals surface area contributed by atoms with E-state index < -0.39 is 0 Å². The molecule has 1 N–H and O–H groups in total. The Kier molecular flexibility index (Phi) is 3.39. The standard InChI is InChI=1S/C16H14FN3O/c1-20(10-13-4-2-3-5-14(13)17)16(21)11-6-7-12-9-18-19-15(12)8-11/h2-9H,10H2,1H3,(H,18,19). The van der Waals surface area contributed by atoms with E-state index in [0.29, 0.717) is 11.1 Å². The molecular formula is C16H14FN3O. The summed E-state index contributed by atoms with van der Waals surface area (Å²) >= 11 is 0. The number of H-pyrrole nitrogens is 1. The van der Waals surface area contributed by atoms with Crippen LogP contribution < -0.4 is 0 Å². The minimum absolute atomic E-state index is 0.158. The number of halogens is 1. The van der Waals surface area contributed by atoms with Gasteiger partial charge in [0.2, 0.25) is 0 Å². The zero-order chi connectivity index (χ0) is 14.8. The fraction of sp³-hybridized carbons (Fsp3) is 0.125. The Labute approximate surface area is 121 Å². The van der Waals surface area contributed by atoms with Crippen LogP contribution in [0.4, 0.5) is 4.39 Å². The van der Waals surface area contributed by atoms with Crippen molar-refractivity contribution in [3.8, 4) is 0 Å². The maximum absolute atomic E-state index is 13.6. The van der Waals surface area contributed by atoms with Gasteiger partial charge in [0.25, 0.3) is 5.91 Å². The molecule has 5 heteroatoms. The monoisotopic (exact) mass is 283 g/mol. The van der Waals surface area contributed by atoms with Gasteiger partial charge in [-0.3, -0.25) is 9.89 Å². The van der Waals surface area contributed by atoms with Gasteiger partial charge in [0.05, 0.1) is 11.7 Å². The molecule has 0 spiro atoms. The van der Waals surface area contributed by atoms with Crippen molar-refractivity contribution in [3.05, 3.63) is 65.6 Å². The molecule has 3 aromatic rings. The first-order valence-electron chi connectivity index (χ1n) is 6.57. The summed E-state index contributed by atoms with van der Waals surface area (Å²) < 4.78 is 13.6. The average Bonchev–Trinajstić information content (AvgIpc) is 2.96. The smallest absolute Gasteiger partial charge is 0.253 e. The zero-order valence-electron chi connectivity index (χ0n) is 11.5. The predicted octanol–water partition coefficient (Wildman–Crippen LogP) is 2.97. The van der Waals surface area contributed by atoms with E-state index in [2.05, 4.69) is 10.2 Å². The maximum Gasteiger partial charge on any atom is 0.253 e. The number of hydrogen-bond donors (Lipinski definition) is 1. The molecule has 1 aromatic heterocycles. The van der Waals surface area contributed by atoms with Crippen LogP contribution in [0.15, 0.2) is 48.7 Å². The molecule has 0 fully saturated rings. The third-order valence-corrected chi connectivity index (χ3v) is 3.40. The highest BCUT2D eigenvalue weighted by molar-refractivity contribution is 5.97. The fourth-order valence-corrected chi connectivity index (χ4v) is 2.24. The summed E-state index contributed by atoms with van der Waals surface area (Å²) in [5.74, 6) is -0.462. The van der Waals surface area contributed by atoms with E-state index in [0.717, 1.165) is 10.9 Å². The van der Waals surface area contributed by atoms with Gasteiger partial charge in [-0.25, -0.2) is 4.39 Å². The van der Waals surface area contributed by atoms with Crippen molar-refractivity contribution in [2.45, 2.75) is 6.54 Å². The number of hydrogen-bond acceptors (Lipinski definition) is 2. The Hall–Kier alpha value is -2.69. The zero-order valence-corrected chi connectivity index (χ0v) is 11.5. The fourth-order valence-electron chi connectivity index (χ4n) is 2.24. The molecule has 106 valence electrons. The van der Waals surface area contributed by atoms with Crippen LogP contribution in [0.2, 0.25) is 0 Å². The molecule has 21 heavy (non-hydrogen) atoms. The van der Waals surface area contributed by atoms with Gasteiger partial charge in [-0.2, -0.15) is 5.10 Å². The third kappa shape index (κ3) is 2.63. The molecule has 4 nitrogen and oxygen atoms in total. The van der Waals surface area contributed by atoms with Crippen LogP contribution in [0.3, 0.4) is 0 Å². The summed E-state index contributed by atoms with van der Waals surface area (Å²) in [4.78, 5) is 13.9. The molecule has 0 atom stereocenters. The molecule has 0 saturated carbocycles. The molecule has 0 radical (unpaired) electrons. The number of nitrogens with one attached hydrogen (secondary N) is 1. The van der Waals surface area contributed by atoms with E-state index >= 15 is 0 Å². The highest BCUT2D eigenvalue weighted by atomic mass is 19.1. The summed E-state index contributed by atoms with van der Waals surface area (Å²) in [5.41, 5.74) is 1.85. The Morgan fingerprint density at radius 2 is 2.10 bits per heavy atom. The molecule has 0 bridgehead atoms. The van der Waals surface area contributed by atoms with Crippen molar-refractivity contribution in [2.24, 2.45) is 0 Å². The summed E-state index contributed by atoms with van der Waals surface area (Å²) in [5, 5.41) is 7.71. The molecule has 3 rings (SSSR count). The number of carbonyl (C=O) groups excluding carboxylic acids is 1. The second-order valence-corrected chi connectivity index (χ2v) is 4.92. The molecule has 2 aromatic carbocycles. The molecule has 0 aliphatic heterocycles. The lowest BCUT2D eigenvalue weighted by Gasteiger charge is -2.17. The summed E-state index contributed by atoms with van der Waals surface area (Å²) in [7, 11) is 1.66. The quantitative estimate of drug-likeness (QED) is 0.803. The minimum Gasteiger partial charge on any atom is -0.337 e. The predicted molar refractivity (Wildman–Crippen MR) is 78.3 cm³/mol. The van der Waals surface area contributed by atoms with Crippen molar-refractivity contribution in [1.82, 2.24) is 15.1 Å².